The van der Waals surface area contributed by atoms with Gasteiger partial charge in [-0.1, -0.05) is 54.1 Å². The quantitative estimate of drug-likeness (QED) is 0.475. The molecule has 3 rings (SSSR count). The third-order valence-electron chi connectivity index (χ3n) is 5.95. The number of hydrogen-bond donors (Lipinski definition) is 1. The van der Waals surface area contributed by atoms with E-state index in [1.54, 1.807) is 37.3 Å². The Morgan fingerprint density at radius 1 is 0.861 bits per heavy atom. The first-order valence-electron chi connectivity index (χ1n) is 11.8. The molecule has 0 radical (unpaired) electrons. The van der Waals surface area contributed by atoms with E-state index in [1.165, 1.54) is 24.1 Å². The van der Waals surface area contributed by atoms with Gasteiger partial charge < -0.3 is 10.2 Å². The van der Waals surface area contributed by atoms with Crippen LogP contribution in [0.5, 0.6) is 0 Å². The van der Waals surface area contributed by atoms with Crippen molar-refractivity contribution in [3.63, 3.8) is 0 Å². The number of hydrogen-bond acceptors (Lipinski definition) is 4. The smallest absolute Gasteiger partial charge is 0.264 e. The van der Waals surface area contributed by atoms with Crippen LogP contribution < -0.4 is 9.62 Å². The minimum Gasteiger partial charge on any atom is -0.357 e. The zero-order valence-corrected chi connectivity index (χ0v) is 22.2. The number of carbonyl (C=O) groups excluding carboxylic acids is 2. The Labute approximate surface area is 213 Å². The number of sulfonamides is 1. The van der Waals surface area contributed by atoms with Crippen molar-refractivity contribution < 1.29 is 18.0 Å². The van der Waals surface area contributed by atoms with E-state index in [4.69, 9.17) is 0 Å². The Kier molecular flexibility index (Phi) is 8.53. The lowest BCUT2D eigenvalue weighted by Gasteiger charge is -2.32. The maximum atomic E-state index is 13.8. The summed E-state index contributed by atoms with van der Waals surface area (Å²) >= 11 is 0. The second-order valence-corrected chi connectivity index (χ2v) is 10.8. The molecule has 2 amide bonds. The summed E-state index contributed by atoms with van der Waals surface area (Å²) in [6.07, 6.45) is 0. The van der Waals surface area contributed by atoms with E-state index in [9.17, 15) is 18.0 Å². The summed E-state index contributed by atoms with van der Waals surface area (Å²) in [5.41, 5.74) is 4.02. The van der Waals surface area contributed by atoms with Crippen LogP contribution in [0.3, 0.4) is 0 Å². The molecular formula is C28H33N3O4S. The maximum absolute atomic E-state index is 13.8. The Hall–Kier alpha value is -3.65. The van der Waals surface area contributed by atoms with E-state index in [0.29, 0.717) is 5.69 Å². The molecule has 0 saturated heterocycles. The van der Waals surface area contributed by atoms with E-state index in [-0.39, 0.29) is 17.3 Å². The minimum atomic E-state index is -4.06. The average Bonchev–Trinajstić information content (AvgIpc) is 2.84. The fourth-order valence-corrected chi connectivity index (χ4v) is 5.56. The number of carbonyl (C=O) groups is 2. The highest BCUT2D eigenvalue weighted by molar-refractivity contribution is 7.92. The summed E-state index contributed by atoms with van der Waals surface area (Å²) in [4.78, 5) is 27.8. The van der Waals surface area contributed by atoms with Gasteiger partial charge in [0, 0.05) is 13.6 Å². The van der Waals surface area contributed by atoms with E-state index in [2.05, 4.69) is 5.32 Å². The summed E-state index contributed by atoms with van der Waals surface area (Å²) in [5.74, 6) is -0.814. The van der Waals surface area contributed by atoms with Crippen molar-refractivity contribution in [1.29, 1.82) is 0 Å². The number of rotatable bonds is 9. The summed E-state index contributed by atoms with van der Waals surface area (Å²) in [6, 6.07) is 20.3. The highest BCUT2D eigenvalue weighted by Gasteiger charge is 2.32. The van der Waals surface area contributed by atoms with Crippen molar-refractivity contribution in [1.82, 2.24) is 10.2 Å². The van der Waals surface area contributed by atoms with Crippen molar-refractivity contribution in [2.24, 2.45) is 0 Å². The molecule has 0 saturated carbocycles. The minimum absolute atomic E-state index is 0.0848. The first-order chi connectivity index (χ1) is 17.0. The molecule has 0 spiro atoms. The van der Waals surface area contributed by atoms with Crippen LogP contribution in [0.4, 0.5) is 5.69 Å². The monoisotopic (exact) mass is 507 g/mol. The number of amides is 2. The van der Waals surface area contributed by atoms with Crippen LogP contribution in [0, 0.1) is 20.8 Å². The first kappa shape index (κ1) is 26.9. The molecule has 0 heterocycles. The molecule has 1 N–H and O–H groups in total. The second kappa shape index (κ2) is 11.4. The van der Waals surface area contributed by atoms with Gasteiger partial charge in [0.2, 0.25) is 11.8 Å². The summed E-state index contributed by atoms with van der Waals surface area (Å²) in [6.45, 7) is 7.06. The number of nitrogens with one attached hydrogen (secondary N) is 1. The second-order valence-electron chi connectivity index (χ2n) is 8.97. The van der Waals surface area contributed by atoms with Crippen LogP contribution >= 0.6 is 0 Å². The Balaban J connectivity index is 2.06. The number of anilines is 1. The summed E-state index contributed by atoms with van der Waals surface area (Å²) in [5, 5.41) is 2.59. The average molecular weight is 508 g/mol. The number of likely N-dealkylation sites (N-methyl/N-ethyl adjacent to an activating group) is 1. The fraction of sp³-hybridized carbons (Fsp3) is 0.286. The molecule has 0 fully saturated rings. The molecule has 0 aliphatic heterocycles. The number of nitrogens with zero attached hydrogens (tertiary/aromatic N) is 2. The molecule has 3 aromatic carbocycles. The SMILES string of the molecule is CNC(=O)[C@H](C)N(Cc1cccc(C)c1)C(=O)CN(c1cc(C)cc(C)c1)S(=O)(=O)c1ccccc1. The van der Waals surface area contributed by atoms with Crippen molar-refractivity contribution in [2.75, 3.05) is 17.9 Å². The molecular weight excluding hydrogens is 474 g/mol. The molecule has 0 bridgehead atoms. The third kappa shape index (κ3) is 6.31. The van der Waals surface area contributed by atoms with Gasteiger partial charge in [-0.05, 0) is 68.7 Å². The van der Waals surface area contributed by atoms with Gasteiger partial charge in [0.05, 0.1) is 10.6 Å². The lowest BCUT2D eigenvalue weighted by Crippen LogP contribution is -2.50. The Morgan fingerprint density at radius 2 is 1.50 bits per heavy atom. The lowest BCUT2D eigenvalue weighted by atomic mass is 10.1. The number of benzene rings is 3. The number of aryl methyl sites for hydroxylation is 3. The van der Waals surface area contributed by atoms with Gasteiger partial charge in [-0.2, -0.15) is 0 Å². The van der Waals surface area contributed by atoms with Gasteiger partial charge in [-0.25, -0.2) is 8.42 Å². The van der Waals surface area contributed by atoms with Crippen molar-refractivity contribution >= 4 is 27.5 Å². The van der Waals surface area contributed by atoms with Crippen LogP contribution in [0.1, 0.15) is 29.2 Å². The van der Waals surface area contributed by atoms with Crippen LogP contribution in [-0.4, -0.2) is 44.8 Å². The van der Waals surface area contributed by atoms with Crippen molar-refractivity contribution in [3.05, 3.63) is 95.1 Å². The predicted molar refractivity (Wildman–Crippen MR) is 142 cm³/mol. The maximum Gasteiger partial charge on any atom is 0.264 e. The van der Waals surface area contributed by atoms with Crippen LogP contribution in [0.15, 0.2) is 77.7 Å². The van der Waals surface area contributed by atoms with Gasteiger partial charge in [0.25, 0.3) is 10.0 Å². The molecule has 0 aliphatic carbocycles. The zero-order chi connectivity index (χ0) is 26.5. The molecule has 0 aromatic heterocycles. The van der Waals surface area contributed by atoms with Crippen molar-refractivity contribution in [2.45, 2.75) is 45.2 Å². The fourth-order valence-electron chi connectivity index (χ4n) is 4.14. The van der Waals surface area contributed by atoms with Gasteiger partial charge >= 0.3 is 0 Å². The van der Waals surface area contributed by atoms with Crippen molar-refractivity contribution in [3.8, 4) is 0 Å². The van der Waals surface area contributed by atoms with Gasteiger partial charge in [-0.15, -0.1) is 0 Å². The lowest BCUT2D eigenvalue weighted by molar-refractivity contribution is -0.139. The first-order valence-corrected chi connectivity index (χ1v) is 13.2. The highest BCUT2D eigenvalue weighted by atomic mass is 32.2. The van der Waals surface area contributed by atoms with E-state index in [0.717, 1.165) is 26.6 Å². The molecule has 3 aromatic rings. The van der Waals surface area contributed by atoms with Crippen LogP contribution in [0.2, 0.25) is 0 Å². The molecule has 190 valence electrons. The zero-order valence-electron chi connectivity index (χ0n) is 21.4. The molecule has 8 heteroatoms. The van der Waals surface area contributed by atoms with Gasteiger partial charge in [0.15, 0.2) is 0 Å². The Bertz CT molecular complexity index is 1320. The van der Waals surface area contributed by atoms with Crippen LogP contribution in [-0.2, 0) is 26.2 Å². The molecule has 0 unspecified atom stereocenters. The van der Waals surface area contributed by atoms with E-state index in [1.807, 2.05) is 51.1 Å². The molecule has 7 nitrogen and oxygen atoms in total. The van der Waals surface area contributed by atoms with E-state index < -0.39 is 28.5 Å². The largest absolute Gasteiger partial charge is 0.357 e. The topological polar surface area (TPSA) is 86.8 Å². The van der Waals surface area contributed by atoms with Gasteiger partial charge in [-0.3, -0.25) is 13.9 Å². The molecule has 36 heavy (non-hydrogen) atoms. The van der Waals surface area contributed by atoms with Gasteiger partial charge in [0.1, 0.15) is 12.6 Å². The summed E-state index contributed by atoms with van der Waals surface area (Å²) in [7, 11) is -2.55. The van der Waals surface area contributed by atoms with Crippen LogP contribution in [0.25, 0.3) is 0 Å². The van der Waals surface area contributed by atoms with E-state index >= 15 is 0 Å². The standard InChI is InChI=1S/C28H33N3O4S/c1-20-10-9-11-24(15-20)18-30(23(4)28(33)29-5)27(32)19-31(25-16-21(2)14-22(3)17-25)36(34,35)26-12-7-6-8-13-26/h6-17,23H,18-19H2,1-5H3,(H,29,33)/t23-/m0/s1. The highest BCUT2D eigenvalue weighted by Crippen LogP contribution is 2.26. The summed E-state index contributed by atoms with van der Waals surface area (Å²) < 4.78 is 28.6. The molecule has 0 aliphatic rings. The molecule has 1 atom stereocenters. The predicted octanol–water partition coefficient (Wildman–Crippen LogP) is 3.97. The Morgan fingerprint density at radius 3 is 2.08 bits per heavy atom. The third-order valence-corrected chi connectivity index (χ3v) is 7.74. The normalized spacial score (nSPS) is 12.0.